The summed E-state index contributed by atoms with van der Waals surface area (Å²) in [5.74, 6) is 0. The molecule has 0 unspecified atom stereocenters. The molecule has 1 aliphatic heterocycles. The van der Waals surface area contributed by atoms with Gasteiger partial charge in [-0.2, -0.15) is 0 Å². The highest BCUT2D eigenvalue weighted by Crippen LogP contribution is 2.40. The van der Waals surface area contributed by atoms with E-state index in [4.69, 9.17) is 12.3 Å². The van der Waals surface area contributed by atoms with Gasteiger partial charge < -0.3 is 12.3 Å². The molecule has 7 heteroatoms. The third kappa shape index (κ3) is 4.76. The van der Waals surface area contributed by atoms with Crippen molar-refractivity contribution < 1.29 is 12.3 Å². The van der Waals surface area contributed by atoms with Crippen LogP contribution in [0, 0.1) is 0 Å². The molecule has 1 heterocycles. The molecule has 4 rings (SSSR count). The molecule has 1 saturated heterocycles. The molecular weight excluding hydrogens is 398 g/mol. The number of nitrogens with zero attached hydrogens (tertiary/aromatic N) is 1. The maximum atomic E-state index is 4.94. The van der Waals surface area contributed by atoms with Gasteiger partial charge in [-0.3, -0.25) is 4.90 Å². The van der Waals surface area contributed by atoms with Gasteiger partial charge in [0.2, 0.25) is 0 Å². The number of benzene rings is 3. The second-order valence-electron chi connectivity index (χ2n) is 6.67. The fraction of sp³-hybridized carbons (Fsp3) is 0.143. The summed E-state index contributed by atoms with van der Waals surface area (Å²) in [6, 6.07) is 32.1. The normalized spacial score (nSPS) is 16.8. The summed E-state index contributed by atoms with van der Waals surface area (Å²) in [6.45, 7) is 0. The molecule has 1 aliphatic rings. The zero-order valence-electron chi connectivity index (χ0n) is 16.5. The Labute approximate surface area is 174 Å². The number of rotatable bonds is 4. The Kier molecular flexibility index (Phi) is 7.92. The van der Waals surface area contributed by atoms with Gasteiger partial charge in [0.25, 0.3) is 30.0 Å². The van der Waals surface area contributed by atoms with E-state index in [1.54, 1.807) is 0 Å². The summed E-state index contributed by atoms with van der Waals surface area (Å²) < 4.78 is 14.8. The van der Waals surface area contributed by atoms with E-state index in [0.29, 0.717) is 0 Å². The van der Waals surface area contributed by atoms with E-state index >= 15 is 0 Å². The van der Waals surface area contributed by atoms with Crippen molar-refractivity contribution in [3.05, 3.63) is 108 Å². The molecule has 146 valence electrons. The second-order valence-corrected chi connectivity index (χ2v) is 12.3. The summed E-state index contributed by atoms with van der Waals surface area (Å²) in [4.78, 5) is 2.30. The molecule has 28 heavy (non-hydrogen) atoms. The lowest BCUT2D eigenvalue weighted by Gasteiger charge is -2.41. The Morgan fingerprint density at radius 2 is 0.821 bits per heavy atom. The van der Waals surface area contributed by atoms with E-state index in [0.717, 1.165) is 0 Å². The highest BCUT2D eigenvalue weighted by atomic mass is 28.4. The fourth-order valence-electron chi connectivity index (χ4n) is 3.59. The van der Waals surface area contributed by atoms with E-state index in [9.17, 15) is 0 Å². The summed E-state index contributed by atoms with van der Waals surface area (Å²) >= 11 is 0. The Morgan fingerprint density at radius 1 is 0.536 bits per heavy atom. The first-order valence-electron chi connectivity index (χ1n) is 9.33. The van der Waals surface area contributed by atoms with Crippen molar-refractivity contribution in [2.24, 2.45) is 0 Å². The minimum Gasteiger partial charge on any atom is -0.425 e. The molecule has 3 aromatic carbocycles. The van der Waals surface area contributed by atoms with Crippen molar-refractivity contribution in [1.29, 1.82) is 0 Å². The van der Waals surface area contributed by atoms with E-state index in [1.165, 1.54) is 16.7 Å². The minimum absolute atomic E-state index is 0.288. The molecule has 0 saturated carbocycles. The number of hydrogen-bond donors (Lipinski definition) is 0. The van der Waals surface area contributed by atoms with Crippen LogP contribution in [-0.2, 0) is 17.9 Å². The molecule has 4 nitrogen and oxygen atoms in total. The van der Waals surface area contributed by atoms with Gasteiger partial charge in [-0.05, 0) is 30.8 Å². The SMILES string of the molecule is CN(C)C(c1ccccc1)(c1ccccc1)c1ccccc1.O1[SiH2]O[SiH2]O[SiH2]1. The lowest BCUT2D eigenvalue weighted by molar-refractivity contribution is 0.247. The van der Waals surface area contributed by atoms with Crippen LogP contribution in [0.5, 0.6) is 0 Å². The zero-order chi connectivity index (χ0) is 19.7. The largest absolute Gasteiger partial charge is 0.425 e. The van der Waals surface area contributed by atoms with Crippen LogP contribution >= 0.6 is 0 Å². The van der Waals surface area contributed by atoms with Crippen LogP contribution in [0.4, 0.5) is 0 Å². The molecular formula is C21H27NO3Si3. The molecule has 0 aliphatic carbocycles. The fourth-order valence-corrected chi connectivity index (χ4v) is 9.00. The standard InChI is InChI=1S/C21H21N.H6O3Si3/c1-22(2)21(18-12-6-3-7-13-18,19-14-8-4-9-15-19)20-16-10-5-11-17-20;1-4-2-6-3-5-1/h3-17H,1-2H3;4-6H2. The average Bonchev–Trinajstić information content (AvgIpc) is 2.78. The summed E-state index contributed by atoms with van der Waals surface area (Å²) in [5.41, 5.74) is 3.54. The molecule has 0 bridgehead atoms. The Hall–Kier alpha value is -1.85. The first kappa shape index (κ1) is 20.9. The van der Waals surface area contributed by atoms with Gasteiger partial charge in [-0.15, -0.1) is 0 Å². The van der Waals surface area contributed by atoms with Crippen LogP contribution < -0.4 is 0 Å². The monoisotopic (exact) mass is 425 g/mol. The highest BCUT2D eigenvalue weighted by molar-refractivity contribution is 6.50. The molecule has 1 fully saturated rings. The minimum atomic E-state index is -0.493. The topological polar surface area (TPSA) is 30.9 Å². The van der Waals surface area contributed by atoms with Crippen LogP contribution in [0.25, 0.3) is 0 Å². The predicted octanol–water partition coefficient (Wildman–Crippen LogP) is 1.59. The van der Waals surface area contributed by atoms with Gasteiger partial charge >= 0.3 is 0 Å². The summed E-state index contributed by atoms with van der Waals surface area (Å²) in [6.07, 6.45) is 0. The maximum Gasteiger partial charge on any atom is 0.286 e. The van der Waals surface area contributed by atoms with Gasteiger partial charge in [-0.1, -0.05) is 91.0 Å². The Bertz CT molecular complexity index is 708. The van der Waals surface area contributed by atoms with E-state index < -0.39 is 30.0 Å². The van der Waals surface area contributed by atoms with Gasteiger partial charge in [0.1, 0.15) is 0 Å². The Morgan fingerprint density at radius 3 is 1.04 bits per heavy atom. The van der Waals surface area contributed by atoms with Crippen molar-refractivity contribution in [3.8, 4) is 0 Å². The summed E-state index contributed by atoms with van der Waals surface area (Å²) in [7, 11) is 2.81. The maximum absolute atomic E-state index is 4.94. The Balaban J connectivity index is 0.000000320. The molecule has 0 aromatic heterocycles. The van der Waals surface area contributed by atoms with E-state index in [1.807, 2.05) is 0 Å². The molecule has 0 radical (unpaired) electrons. The van der Waals surface area contributed by atoms with Gasteiger partial charge in [0.15, 0.2) is 0 Å². The average molecular weight is 426 g/mol. The van der Waals surface area contributed by atoms with Gasteiger partial charge in [0.05, 0.1) is 5.54 Å². The smallest absolute Gasteiger partial charge is 0.286 e. The third-order valence-electron chi connectivity index (χ3n) is 4.75. The lowest BCUT2D eigenvalue weighted by atomic mass is 9.76. The molecule has 0 amide bonds. The van der Waals surface area contributed by atoms with Crippen molar-refractivity contribution in [2.45, 2.75) is 5.54 Å². The van der Waals surface area contributed by atoms with Crippen LogP contribution in [0.2, 0.25) is 0 Å². The second kappa shape index (κ2) is 10.6. The van der Waals surface area contributed by atoms with E-state index in [-0.39, 0.29) is 5.54 Å². The molecule has 0 spiro atoms. The lowest BCUT2D eigenvalue weighted by Crippen LogP contribution is -2.43. The van der Waals surface area contributed by atoms with Crippen LogP contribution in [0.1, 0.15) is 16.7 Å². The first-order valence-corrected chi connectivity index (χ1v) is 12.8. The molecule has 3 aromatic rings. The van der Waals surface area contributed by atoms with E-state index in [2.05, 4.69) is 110 Å². The van der Waals surface area contributed by atoms with Crippen molar-refractivity contribution in [2.75, 3.05) is 14.1 Å². The third-order valence-corrected chi connectivity index (χ3v) is 8.75. The highest BCUT2D eigenvalue weighted by Gasteiger charge is 2.38. The quantitative estimate of drug-likeness (QED) is 0.469. The van der Waals surface area contributed by atoms with Crippen molar-refractivity contribution in [3.63, 3.8) is 0 Å². The van der Waals surface area contributed by atoms with Crippen LogP contribution in [-0.4, -0.2) is 49.0 Å². The van der Waals surface area contributed by atoms with Crippen molar-refractivity contribution in [1.82, 2.24) is 4.90 Å². The number of hydrogen-bond acceptors (Lipinski definition) is 4. The van der Waals surface area contributed by atoms with Crippen LogP contribution in [0.15, 0.2) is 91.0 Å². The zero-order valence-corrected chi connectivity index (χ0v) is 20.7. The summed E-state index contributed by atoms with van der Waals surface area (Å²) in [5, 5.41) is 0. The predicted molar refractivity (Wildman–Crippen MR) is 122 cm³/mol. The van der Waals surface area contributed by atoms with Crippen molar-refractivity contribution >= 4 is 30.0 Å². The van der Waals surface area contributed by atoms with Gasteiger partial charge in [0, 0.05) is 0 Å². The molecule has 0 N–H and O–H groups in total. The van der Waals surface area contributed by atoms with Gasteiger partial charge in [-0.25, -0.2) is 0 Å². The first-order chi connectivity index (χ1) is 13.8. The van der Waals surface area contributed by atoms with Crippen LogP contribution in [0.3, 0.4) is 0 Å². The molecule has 0 atom stereocenters.